The third-order valence-electron chi connectivity index (χ3n) is 6.07. The highest BCUT2D eigenvalue weighted by molar-refractivity contribution is 5.76. The summed E-state index contributed by atoms with van der Waals surface area (Å²) in [6.07, 6.45) is -14.0. The fourth-order valence-electron chi connectivity index (χ4n) is 3.64. The van der Waals surface area contributed by atoms with Crippen LogP contribution in [0.5, 0.6) is 0 Å². The van der Waals surface area contributed by atoms with Gasteiger partial charge in [0.25, 0.3) is 0 Å². The standard InChI is InChI=1S/C24H23F9N2O2/c1-13-6-19(5-4-15(13)11-34-20(36)7-14-2-3-14)35-12-21(37,24(31,32)33)16-8-17(22(25,26)27)10-18(9-16)23(28,29)30/h4-6,8-10,14,35,37H,2-3,7,11-12H2,1H3,(H,34,36)/t21-/m1/s1. The monoisotopic (exact) mass is 542 g/mol. The fraction of sp³-hybridized carbons (Fsp3) is 0.458. The first-order valence-electron chi connectivity index (χ1n) is 11.1. The largest absolute Gasteiger partial charge is 0.423 e. The van der Waals surface area contributed by atoms with Gasteiger partial charge in [-0.1, -0.05) is 6.07 Å². The van der Waals surface area contributed by atoms with Crippen molar-refractivity contribution in [3.63, 3.8) is 0 Å². The number of alkyl halides is 9. The maximum atomic E-state index is 13.9. The first-order chi connectivity index (χ1) is 16.9. The molecule has 13 heteroatoms. The molecule has 2 aromatic carbocycles. The third kappa shape index (κ3) is 7.08. The number of nitrogens with one attached hydrogen (secondary N) is 2. The lowest BCUT2D eigenvalue weighted by Crippen LogP contribution is -2.48. The molecule has 0 radical (unpaired) electrons. The van der Waals surface area contributed by atoms with Gasteiger partial charge in [0.15, 0.2) is 0 Å². The van der Waals surface area contributed by atoms with Crippen molar-refractivity contribution in [2.75, 3.05) is 11.9 Å². The van der Waals surface area contributed by atoms with E-state index in [0.29, 0.717) is 23.5 Å². The van der Waals surface area contributed by atoms with E-state index < -0.39 is 47.4 Å². The number of benzene rings is 2. The zero-order chi connectivity index (χ0) is 27.8. The Morgan fingerprint density at radius 3 is 1.89 bits per heavy atom. The minimum absolute atomic E-state index is 0.0243. The van der Waals surface area contributed by atoms with Gasteiger partial charge in [0, 0.05) is 18.7 Å². The lowest BCUT2D eigenvalue weighted by molar-refractivity contribution is -0.261. The number of hydrogen-bond acceptors (Lipinski definition) is 3. The Kier molecular flexibility index (Phi) is 7.79. The summed E-state index contributed by atoms with van der Waals surface area (Å²) in [4.78, 5) is 11.9. The van der Waals surface area contributed by atoms with Gasteiger partial charge in [0.2, 0.25) is 11.5 Å². The van der Waals surface area contributed by atoms with Crippen molar-refractivity contribution in [1.82, 2.24) is 5.32 Å². The van der Waals surface area contributed by atoms with Crippen molar-refractivity contribution >= 4 is 11.6 Å². The summed E-state index contributed by atoms with van der Waals surface area (Å²) in [6.45, 7) is 0.298. The molecular formula is C24H23F9N2O2. The summed E-state index contributed by atoms with van der Waals surface area (Å²) < 4.78 is 121. The number of carbonyl (C=O) groups excluding carboxylic acids is 1. The van der Waals surface area contributed by atoms with Crippen molar-refractivity contribution in [3.8, 4) is 0 Å². The normalized spacial score (nSPS) is 16.3. The molecule has 0 heterocycles. The lowest BCUT2D eigenvalue weighted by atomic mass is 9.89. The Balaban J connectivity index is 1.84. The molecule has 204 valence electrons. The topological polar surface area (TPSA) is 61.4 Å². The van der Waals surface area contributed by atoms with Crippen LogP contribution in [0.25, 0.3) is 0 Å². The van der Waals surface area contributed by atoms with E-state index in [-0.39, 0.29) is 36.3 Å². The van der Waals surface area contributed by atoms with Crippen LogP contribution >= 0.6 is 0 Å². The van der Waals surface area contributed by atoms with Crippen LogP contribution in [0.2, 0.25) is 0 Å². The molecule has 37 heavy (non-hydrogen) atoms. The van der Waals surface area contributed by atoms with E-state index in [1.165, 1.54) is 18.2 Å². The van der Waals surface area contributed by atoms with Crippen molar-refractivity contribution in [1.29, 1.82) is 0 Å². The number of halogens is 9. The molecule has 0 bridgehead atoms. The van der Waals surface area contributed by atoms with E-state index in [1.54, 1.807) is 6.92 Å². The van der Waals surface area contributed by atoms with E-state index >= 15 is 0 Å². The van der Waals surface area contributed by atoms with E-state index in [0.717, 1.165) is 12.8 Å². The average Bonchev–Trinajstić information content (AvgIpc) is 3.58. The number of rotatable bonds is 8. The van der Waals surface area contributed by atoms with E-state index in [4.69, 9.17) is 0 Å². The van der Waals surface area contributed by atoms with Gasteiger partial charge in [0.1, 0.15) is 0 Å². The molecule has 1 atom stereocenters. The average molecular weight is 542 g/mol. The molecule has 3 rings (SSSR count). The number of amides is 1. The van der Waals surface area contributed by atoms with Crippen LogP contribution in [-0.4, -0.2) is 23.7 Å². The lowest BCUT2D eigenvalue weighted by Gasteiger charge is -2.32. The van der Waals surface area contributed by atoms with Gasteiger partial charge in [-0.05, 0) is 72.7 Å². The highest BCUT2D eigenvalue weighted by atomic mass is 19.4. The summed E-state index contributed by atoms with van der Waals surface area (Å²) in [5, 5.41) is 15.4. The molecule has 2 aromatic rings. The van der Waals surface area contributed by atoms with Crippen LogP contribution in [0.3, 0.4) is 0 Å². The Bertz CT molecular complexity index is 1110. The second-order valence-corrected chi connectivity index (χ2v) is 9.07. The molecule has 0 aromatic heterocycles. The second-order valence-electron chi connectivity index (χ2n) is 9.07. The van der Waals surface area contributed by atoms with Crippen molar-refractivity contribution in [3.05, 3.63) is 64.2 Å². The molecule has 3 N–H and O–H groups in total. The maximum absolute atomic E-state index is 13.9. The SMILES string of the molecule is Cc1cc(NC[C@@](O)(c2cc(C(F)(F)F)cc(C(F)(F)F)c2)C(F)(F)F)ccc1CNC(=O)CC1CC1. The molecule has 1 saturated carbocycles. The highest BCUT2D eigenvalue weighted by Crippen LogP contribution is 2.44. The van der Waals surface area contributed by atoms with Crippen LogP contribution in [0.15, 0.2) is 36.4 Å². The van der Waals surface area contributed by atoms with E-state index in [2.05, 4.69) is 10.6 Å². The molecule has 0 aliphatic heterocycles. The second kappa shape index (κ2) is 10.1. The molecule has 1 aliphatic carbocycles. The van der Waals surface area contributed by atoms with Gasteiger partial charge in [-0.15, -0.1) is 0 Å². The minimum atomic E-state index is -5.63. The Hall–Kier alpha value is -2.96. The predicted molar refractivity (Wildman–Crippen MR) is 115 cm³/mol. The quantitative estimate of drug-likeness (QED) is 0.343. The number of aliphatic hydroxyl groups is 1. The van der Waals surface area contributed by atoms with Crippen molar-refractivity contribution < 1.29 is 49.4 Å². The van der Waals surface area contributed by atoms with Gasteiger partial charge in [-0.2, -0.15) is 39.5 Å². The van der Waals surface area contributed by atoms with Crippen LogP contribution in [0, 0.1) is 12.8 Å². The van der Waals surface area contributed by atoms with Gasteiger partial charge in [-0.3, -0.25) is 4.79 Å². The zero-order valence-corrected chi connectivity index (χ0v) is 19.3. The highest BCUT2D eigenvalue weighted by Gasteiger charge is 2.56. The summed E-state index contributed by atoms with van der Waals surface area (Å²) in [6, 6.07) is 3.57. The van der Waals surface area contributed by atoms with E-state index in [1.807, 2.05) is 0 Å². The molecule has 0 saturated heterocycles. The summed E-state index contributed by atoms with van der Waals surface area (Å²) in [5.41, 5.74) is -8.44. The first-order valence-corrected chi connectivity index (χ1v) is 11.1. The van der Waals surface area contributed by atoms with Crippen LogP contribution in [0.1, 0.15) is 47.1 Å². The molecule has 1 aliphatic rings. The smallest absolute Gasteiger partial charge is 0.381 e. The number of anilines is 1. The number of aryl methyl sites for hydroxylation is 1. The Labute approximate surface area is 205 Å². The summed E-state index contributed by atoms with van der Waals surface area (Å²) in [7, 11) is 0. The van der Waals surface area contributed by atoms with Gasteiger partial charge in [0.05, 0.1) is 17.7 Å². The first kappa shape index (κ1) is 28.6. The van der Waals surface area contributed by atoms with Crippen molar-refractivity contribution in [2.45, 2.75) is 56.9 Å². The fourth-order valence-corrected chi connectivity index (χ4v) is 3.64. The predicted octanol–water partition coefficient (Wildman–Crippen LogP) is 6.31. The van der Waals surface area contributed by atoms with Crippen LogP contribution in [0.4, 0.5) is 45.2 Å². The van der Waals surface area contributed by atoms with Gasteiger partial charge in [-0.25, -0.2) is 0 Å². The zero-order valence-electron chi connectivity index (χ0n) is 19.3. The molecule has 0 spiro atoms. The van der Waals surface area contributed by atoms with Gasteiger partial charge >= 0.3 is 18.5 Å². The summed E-state index contributed by atoms with van der Waals surface area (Å²) >= 11 is 0. The van der Waals surface area contributed by atoms with Crippen molar-refractivity contribution in [2.24, 2.45) is 5.92 Å². The van der Waals surface area contributed by atoms with Gasteiger partial charge < -0.3 is 15.7 Å². The third-order valence-corrected chi connectivity index (χ3v) is 6.07. The number of carbonyl (C=O) groups is 1. The Morgan fingerprint density at radius 1 is 0.892 bits per heavy atom. The number of hydrogen-bond donors (Lipinski definition) is 3. The van der Waals surface area contributed by atoms with Crippen LogP contribution < -0.4 is 10.6 Å². The summed E-state index contributed by atoms with van der Waals surface area (Å²) in [5.74, 6) is 0.239. The van der Waals surface area contributed by atoms with Crippen LogP contribution in [-0.2, 0) is 29.3 Å². The Morgan fingerprint density at radius 2 is 1.43 bits per heavy atom. The molecule has 4 nitrogen and oxygen atoms in total. The minimum Gasteiger partial charge on any atom is -0.381 e. The molecular weight excluding hydrogens is 519 g/mol. The molecule has 1 fully saturated rings. The molecule has 0 unspecified atom stereocenters. The maximum Gasteiger partial charge on any atom is 0.423 e. The van der Waals surface area contributed by atoms with E-state index in [9.17, 15) is 49.4 Å². The molecule has 1 amide bonds.